The Hall–Kier alpha value is -3.30. The molecule has 0 radical (unpaired) electrons. The number of para-hydroxylation sites is 1. The maximum absolute atomic E-state index is 12.6. The van der Waals surface area contributed by atoms with Crippen molar-refractivity contribution in [3.63, 3.8) is 0 Å². The van der Waals surface area contributed by atoms with Gasteiger partial charge in [0, 0.05) is 17.7 Å². The van der Waals surface area contributed by atoms with E-state index in [0.717, 1.165) is 17.5 Å². The van der Waals surface area contributed by atoms with E-state index in [4.69, 9.17) is 5.11 Å². The van der Waals surface area contributed by atoms with Gasteiger partial charge >= 0.3 is 5.97 Å². The summed E-state index contributed by atoms with van der Waals surface area (Å²) in [5.41, 5.74) is 0.178. The molecular weight excluding hydrogens is 330 g/mol. The summed E-state index contributed by atoms with van der Waals surface area (Å²) in [6.07, 6.45) is 2.85. The standard InChI is InChI=1S/C15H15N5O5/c21-14(9-18-8-12(15(22)23)16-17-18)19(11-5-6-11)7-10-3-1-2-4-13(10)20(24)25/h1-4,8,11H,5-7,9H2,(H,22,23). The van der Waals surface area contributed by atoms with E-state index in [-0.39, 0.29) is 36.4 Å². The van der Waals surface area contributed by atoms with Crippen molar-refractivity contribution in [1.82, 2.24) is 19.9 Å². The monoisotopic (exact) mass is 345 g/mol. The molecule has 10 nitrogen and oxygen atoms in total. The van der Waals surface area contributed by atoms with Crippen molar-refractivity contribution in [3.05, 3.63) is 51.8 Å². The highest BCUT2D eigenvalue weighted by Gasteiger charge is 2.34. The Labute approximate surface area is 141 Å². The van der Waals surface area contributed by atoms with E-state index in [1.165, 1.54) is 12.3 Å². The van der Waals surface area contributed by atoms with E-state index < -0.39 is 10.9 Å². The molecule has 1 fully saturated rings. The third-order valence-electron chi connectivity index (χ3n) is 3.89. The van der Waals surface area contributed by atoms with E-state index in [0.29, 0.717) is 5.56 Å². The van der Waals surface area contributed by atoms with Crippen LogP contribution in [0.5, 0.6) is 0 Å². The van der Waals surface area contributed by atoms with Crippen molar-refractivity contribution in [3.8, 4) is 0 Å². The zero-order chi connectivity index (χ0) is 18.0. The van der Waals surface area contributed by atoms with Crippen LogP contribution in [0.25, 0.3) is 0 Å². The molecule has 1 N–H and O–H groups in total. The summed E-state index contributed by atoms with van der Waals surface area (Å²) in [5.74, 6) is -1.51. The van der Waals surface area contributed by atoms with Crippen molar-refractivity contribution >= 4 is 17.6 Å². The molecule has 25 heavy (non-hydrogen) atoms. The number of carboxylic acids is 1. The maximum Gasteiger partial charge on any atom is 0.358 e. The number of hydrogen-bond acceptors (Lipinski definition) is 6. The van der Waals surface area contributed by atoms with Gasteiger partial charge in [-0.15, -0.1) is 5.10 Å². The van der Waals surface area contributed by atoms with E-state index in [1.54, 1.807) is 23.1 Å². The minimum absolute atomic E-state index is 0.0325. The molecule has 1 aliphatic carbocycles. The summed E-state index contributed by atoms with van der Waals surface area (Å²) in [4.78, 5) is 35.6. The van der Waals surface area contributed by atoms with Gasteiger partial charge in [0.2, 0.25) is 5.91 Å². The second-order valence-electron chi connectivity index (χ2n) is 5.75. The number of aromatic carboxylic acids is 1. The van der Waals surface area contributed by atoms with Gasteiger partial charge in [-0.2, -0.15) is 0 Å². The predicted molar refractivity (Wildman–Crippen MR) is 83.6 cm³/mol. The molecule has 1 heterocycles. The predicted octanol–water partition coefficient (Wildman–Crippen LogP) is 1.08. The average molecular weight is 345 g/mol. The van der Waals surface area contributed by atoms with Gasteiger partial charge in [0.05, 0.1) is 17.7 Å². The molecular formula is C15H15N5O5. The number of carbonyl (C=O) groups is 2. The van der Waals surface area contributed by atoms with Gasteiger partial charge in [-0.3, -0.25) is 14.9 Å². The number of carbonyl (C=O) groups excluding carboxylic acids is 1. The number of nitro benzene ring substituents is 1. The van der Waals surface area contributed by atoms with Crippen LogP contribution >= 0.6 is 0 Å². The van der Waals surface area contributed by atoms with Crippen LogP contribution in [0, 0.1) is 10.1 Å². The van der Waals surface area contributed by atoms with Gasteiger partial charge in [-0.1, -0.05) is 23.4 Å². The average Bonchev–Trinajstić information content (AvgIpc) is 3.30. The molecule has 0 spiro atoms. The molecule has 1 aliphatic rings. The Kier molecular flexibility index (Phi) is 4.42. The minimum Gasteiger partial charge on any atom is -0.476 e. The Morgan fingerprint density at radius 3 is 2.68 bits per heavy atom. The maximum atomic E-state index is 12.6. The lowest BCUT2D eigenvalue weighted by Crippen LogP contribution is -2.35. The number of carboxylic acid groups (broad SMARTS) is 1. The van der Waals surface area contributed by atoms with Gasteiger partial charge < -0.3 is 10.0 Å². The number of amides is 1. The van der Waals surface area contributed by atoms with E-state index in [1.807, 2.05) is 0 Å². The second kappa shape index (κ2) is 6.67. The van der Waals surface area contributed by atoms with Crippen molar-refractivity contribution in [2.45, 2.75) is 32.0 Å². The highest BCUT2D eigenvalue weighted by molar-refractivity contribution is 5.84. The largest absolute Gasteiger partial charge is 0.476 e. The fraction of sp³-hybridized carbons (Fsp3) is 0.333. The first-order valence-corrected chi connectivity index (χ1v) is 7.61. The number of rotatable bonds is 7. The molecule has 10 heteroatoms. The van der Waals surface area contributed by atoms with Gasteiger partial charge in [0.15, 0.2) is 5.69 Å². The smallest absolute Gasteiger partial charge is 0.358 e. The van der Waals surface area contributed by atoms with Crippen LogP contribution in [-0.4, -0.2) is 47.8 Å². The number of nitrogens with zero attached hydrogens (tertiary/aromatic N) is 5. The first-order valence-electron chi connectivity index (χ1n) is 7.61. The summed E-state index contributed by atoms with van der Waals surface area (Å²) in [5, 5.41) is 27.1. The van der Waals surface area contributed by atoms with Gasteiger partial charge in [-0.05, 0) is 12.8 Å². The zero-order valence-corrected chi connectivity index (χ0v) is 13.1. The summed E-state index contributed by atoms with van der Waals surface area (Å²) in [6, 6.07) is 6.33. The lowest BCUT2D eigenvalue weighted by molar-refractivity contribution is -0.385. The Bertz CT molecular complexity index is 829. The van der Waals surface area contributed by atoms with E-state index in [2.05, 4.69) is 10.3 Å². The third kappa shape index (κ3) is 3.79. The van der Waals surface area contributed by atoms with Crippen molar-refractivity contribution in [1.29, 1.82) is 0 Å². The van der Waals surface area contributed by atoms with Crippen molar-refractivity contribution in [2.75, 3.05) is 0 Å². The Balaban J connectivity index is 1.76. The number of nitro groups is 1. The molecule has 0 saturated heterocycles. The summed E-state index contributed by atoms with van der Waals surface area (Å²) < 4.78 is 1.15. The van der Waals surface area contributed by atoms with Gasteiger partial charge in [-0.25, -0.2) is 9.48 Å². The molecule has 130 valence electrons. The van der Waals surface area contributed by atoms with E-state index >= 15 is 0 Å². The van der Waals surface area contributed by atoms with Crippen LogP contribution in [0.15, 0.2) is 30.5 Å². The lowest BCUT2D eigenvalue weighted by Gasteiger charge is -2.22. The normalized spacial score (nSPS) is 13.4. The summed E-state index contributed by atoms with van der Waals surface area (Å²) in [7, 11) is 0. The molecule has 3 rings (SSSR count). The first-order chi connectivity index (χ1) is 12.0. The number of hydrogen-bond donors (Lipinski definition) is 1. The van der Waals surface area contributed by atoms with Crippen molar-refractivity contribution in [2.24, 2.45) is 0 Å². The molecule has 0 unspecified atom stereocenters. The number of aromatic nitrogens is 3. The van der Waals surface area contributed by atoms with Gasteiger partial charge in [0.1, 0.15) is 6.54 Å². The minimum atomic E-state index is -1.22. The SMILES string of the molecule is O=C(O)c1cn(CC(=O)N(Cc2ccccc2[N+](=O)[O-])C2CC2)nn1. The molecule has 1 aromatic heterocycles. The lowest BCUT2D eigenvalue weighted by atomic mass is 10.1. The van der Waals surface area contributed by atoms with Crippen LogP contribution < -0.4 is 0 Å². The van der Waals surface area contributed by atoms with Crippen molar-refractivity contribution < 1.29 is 19.6 Å². The topological polar surface area (TPSA) is 131 Å². The Morgan fingerprint density at radius 2 is 2.08 bits per heavy atom. The zero-order valence-electron chi connectivity index (χ0n) is 13.1. The molecule has 0 bridgehead atoms. The molecule has 0 atom stereocenters. The van der Waals surface area contributed by atoms with Crippen LogP contribution in [0.3, 0.4) is 0 Å². The molecule has 1 aromatic carbocycles. The molecule has 1 amide bonds. The molecule has 1 saturated carbocycles. The van der Waals surface area contributed by atoms with Gasteiger partial charge in [0.25, 0.3) is 5.69 Å². The van der Waals surface area contributed by atoms with Crippen LogP contribution in [0.1, 0.15) is 28.9 Å². The molecule has 2 aromatic rings. The fourth-order valence-corrected chi connectivity index (χ4v) is 2.52. The Morgan fingerprint density at radius 1 is 1.36 bits per heavy atom. The second-order valence-corrected chi connectivity index (χ2v) is 5.75. The summed E-state index contributed by atoms with van der Waals surface area (Å²) >= 11 is 0. The van der Waals surface area contributed by atoms with Crippen LogP contribution in [-0.2, 0) is 17.9 Å². The third-order valence-corrected chi connectivity index (χ3v) is 3.89. The quantitative estimate of drug-likeness (QED) is 0.586. The molecule has 0 aliphatic heterocycles. The van der Waals surface area contributed by atoms with Crippen LogP contribution in [0.2, 0.25) is 0 Å². The first kappa shape index (κ1) is 16.6. The summed E-state index contributed by atoms with van der Waals surface area (Å²) in [6.45, 7) is -0.0431. The van der Waals surface area contributed by atoms with Crippen LogP contribution in [0.4, 0.5) is 5.69 Å². The fourth-order valence-electron chi connectivity index (χ4n) is 2.52. The number of benzene rings is 1. The highest BCUT2D eigenvalue weighted by Crippen LogP contribution is 2.30. The highest BCUT2D eigenvalue weighted by atomic mass is 16.6. The van der Waals surface area contributed by atoms with E-state index in [9.17, 15) is 19.7 Å².